The quantitative estimate of drug-likeness (QED) is 0.850. The van der Waals surface area contributed by atoms with Crippen LogP contribution in [0, 0.1) is 0 Å². The van der Waals surface area contributed by atoms with Gasteiger partial charge in [-0.15, -0.1) is 0 Å². The maximum Gasteiger partial charge on any atom is 0.408 e. The summed E-state index contributed by atoms with van der Waals surface area (Å²) >= 11 is 0.985. The minimum atomic E-state index is -1.14. The van der Waals surface area contributed by atoms with Gasteiger partial charge in [-0.2, -0.15) is 8.75 Å². The number of hydrogen-bond acceptors (Lipinski definition) is 6. The highest BCUT2D eigenvalue weighted by Gasteiger charge is 2.24. The second-order valence-corrected chi connectivity index (χ2v) is 5.20. The van der Waals surface area contributed by atoms with E-state index in [-0.39, 0.29) is 6.42 Å². The van der Waals surface area contributed by atoms with E-state index >= 15 is 0 Å². The molecule has 0 spiro atoms. The van der Waals surface area contributed by atoms with Crippen LogP contribution >= 0.6 is 11.7 Å². The molecule has 0 aliphatic rings. The molecule has 7 nitrogen and oxygen atoms in total. The summed E-state index contributed by atoms with van der Waals surface area (Å²) in [6.07, 6.45) is 0.778. The summed E-state index contributed by atoms with van der Waals surface area (Å²) in [6, 6.07) is -1.08. The smallest absolute Gasteiger partial charge is 0.408 e. The summed E-state index contributed by atoms with van der Waals surface area (Å²) < 4.78 is 12.7. The Morgan fingerprint density at radius 1 is 1.56 bits per heavy atom. The maximum atomic E-state index is 11.5. The van der Waals surface area contributed by atoms with Crippen LogP contribution in [0.1, 0.15) is 26.5 Å². The van der Waals surface area contributed by atoms with Gasteiger partial charge < -0.3 is 15.2 Å². The number of alkyl carbamates (subject to hydrolysis) is 1. The lowest BCUT2D eigenvalue weighted by atomic mass is 10.1. The molecule has 0 saturated heterocycles. The van der Waals surface area contributed by atoms with Gasteiger partial charge in [-0.1, -0.05) is 0 Å². The minimum Gasteiger partial charge on any atom is -0.480 e. The Morgan fingerprint density at radius 3 is 2.67 bits per heavy atom. The van der Waals surface area contributed by atoms with Crippen molar-refractivity contribution >= 4 is 23.8 Å². The molecular weight excluding hydrogens is 258 g/mol. The van der Waals surface area contributed by atoms with E-state index in [1.54, 1.807) is 20.8 Å². The van der Waals surface area contributed by atoms with Crippen LogP contribution in [-0.4, -0.2) is 37.6 Å². The first-order valence-corrected chi connectivity index (χ1v) is 6.00. The molecule has 2 N–H and O–H groups in total. The number of nitrogens with zero attached hydrogens (tertiary/aromatic N) is 2. The van der Waals surface area contributed by atoms with E-state index in [2.05, 4.69) is 14.1 Å². The summed E-state index contributed by atoms with van der Waals surface area (Å²) in [4.78, 5) is 22.5. The molecule has 1 rings (SSSR count). The topological polar surface area (TPSA) is 101 Å². The summed E-state index contributed by atoms with van der Waals surface area (Å²) in [5.41, 5.74) is -0.154. The molecule has 0 aliphatic carbocycles. The van der Waals surface area contributed by atoms with E-state index in [1.807, 2.05) is 0 Å². The highest BCUT2D eigenvalue weighted by molar-refractivity contribution is 6.99. The molecule has 1 unspecified atom stereocenters. The third-order valence-electron chi connectivity index (χ3n) is 1.81. The molecule has 0 radical (unpaired) electrons. The number of hydrogen-bond donors (Lipinski definition) is 2. The van der Waals surface area contributed by atoms with E-state index in [9.17, 15) is 9.59 Å². The average Bonchev–Trinajstić information content (AvgIpc) is 2.66. The number of ether oxygens (including phenoxy) is 1. The molecule has 18 heavy (non-hydrogen) atoms. The molecule has 0 bridgehead atoms. The Balaban J connectivity index is 2.58. The molecule has 1 aromatic rings. The van der Waals surface area contributed by atoms with Crippen molar-refractivity contribution < 1.29 is 19.4 Å². The predicted molar refractivity (Wildman–Crippen MR) is 64.4 cm³/mol. The predicted octanol–water partition coefficient (Wildman–Crippen LogP) is 1.06. The number of amides is 1. The molecule has 0 saturated carbocycles. The maximum absolute atomic E-state index is 11.5. The lowest BCUT2D eigenvalue weighted by molar-refractivity contribution is -0.139. The zero-order chi connectivity index (χ0) is 13.8. The van der Waals surface area contributed by atoms with Crippen LogP contribution in [0.3, 0.4) is 0 Å². The molecule has 1 heterocycles. The van der Waals surface area contributed by atoms with Gasteiger partial charge in [-0.05, 0) is 20.8 Å². The Hall–Kier alpha value is -1.70. The minimum absolute atomic E-state index is 0.0745. The average molecular weight is 273 g/mol. The first-order valence-electron chi connectivity index (χ1n) is 5.26. The highest BCUT2D eigenvalue weighted by Crippen LogP contribution is 2.08. The first-order chi connectivity index (χ1) is 8.28. The second kappa shape index (κ2) is 5.76. The molecule has 8 heteroatoms. The van der Waals surface area contributed by atoms with Crippen molar-refractivity contribution in [1.29, 1.82) is 0 Å². The van der Waals surface area contributed by atoms with Gasteiger partial charge in [0, 0.05) is 6.42 Å². The summed E-state index contributed by atoms with van der Waals surface area (Å²) in [6.45, 7) is 5.10. The number of aliphatic carboxylic acids is 1. The van der Waals surface area contributed by atoms with Gasteiger partial charge in [-0.3, -0.25) is 0 Å². The monoisotopic (exact) mass is 273 g/mol. The molecule has 0 aromatic carbocycles. The van der Waals surface area contributed by atoms with Gasteiger partial charge in [0.05, 0.1) is 23.6 Å². The molecule has 1 atom stereocenters. The van der Waals surface area contributed by atoms with E-state index < -0.39 is 23.7 Å². The molecule has 1 aromatic heterocycles. The van der Waals surface area contributed by atoms with Crippen molar-refractivity contribution in [1.82, 2.24) is 14.1 Å². The van der Waals surface area contributed by atoms with E-state index in [4.69, 9.17) is 9.84 Å². The van der Waals surface area contributed by atoms with E-state index in [0.717, 1.165) is 11.7 Å². The number of carboxylic acid groups (broad SMARTS) is 1. The van der Waals surface area contributed by atoms with Crippen LogP contribution in [0.15, 0.2) is 6.20 Å². The number of carbonyl (C=O) groups is 2. The first kappa shape index (κ1) is 14.4. The van der Waals surface area contributed by atoms with Gasteiger partial charge in [0.1, 0.15) is 11.6 Å². The lowest BCUT2D eigenvalue weighted by Crippen LogP contribution is -2.44. The SMILES string of the molecule is CC(C)(C)OC(=O)NC(Cc1cnsn1)C(=O)O. The third kappa shape index (κ3) is 5.09. The summed E-state index contributed by atoms with van der Waals surface area (Å²) in [5.74, 6) is -1.14. The lowest BCUT2D eigenvalue weighted by Gasteiger charge is -2.21. The van der Waals surface area contributed by atoms with Crippen LogP contribution in [0.4, 0.5) is 4.79 Å². The fourth-order valence-electron chi connectivity index (χ4n) is 1.13. The number of carbonyl (C=O) groups excluding carboxylic acids is 1. The standard InChI is InChI=1S/C10H15N3O4S/c1-10(2,3)17-9(16)12-7(8(14)15)4-6-5-11-18-13-6/h5,7H,4H2,1-3H3,(H,12,16)(H,14,15). The number of aromatic nitrogens is 2. The van der Waals surface area contributed by atoms with Crippen LogP contribution in [0.2, 0.25) is 0 Å². The Morgan fingerprint density at radius 2 is 2.22 bits per heavy atom. The van der Waals surface area contributed by atoms with Gasteiger partial charge >= 0.3 is 12.1 Å². The Bertz CT molecular complexity index is 413. The zero-order valence-electron chi connectivity index (χ0n) is 10.3. The van der Waals surface area contributed by atoms with Crippen molar-refractivity contribution in [2.24, 2.45) is 0 Å². The molecular formula is C10H15N3O4S. The summed E-state index contributed by atoms with van der Waals surface area (Å²) in [7, 11) is 0. The third-order valence-corrected chi connectivity index (χ3v) is 2.33. The Kier molecular flexibility index (Phi) is 4.60. The van der Waals surface area contributed by atoms with E-state index in [0.29, 0.717) is 5.69 Å². The number of carboxylic acids is 1. The van der Waals surface area contributed by atoms with E-state index in [1.165, 1.54) is 6.20 Å². The van der Waals surface area contributed by atoms with Crippen molar-refractivity contribution in [3.8, 4) is 0 Å². The second-order valence-electron chi connectivity index (χ2n) is 4.64. The van der Waals surface area contributed by atoms with Crippen molar-refractivity contribution in [2.75, 3.05) is 0 Å². The van der Waals surface area contributed by atoms with Crippen molar-refractivity contribution in [2.45, 2.75) is 38.8 Å². The van der Waals surface area contributed by atoms with Crippen molar-refractivity contribution in [3.05, 3.63) is 11.9 Å². The largest absolute Gasteiger partial charge is 0.480 e. The molecule has 1 amide bonds. The summed E-state index contributed by atoms with van der Waals surface area (Å²) in [5, 5.41) is 11.3. The fourth-order valence-corrected chi connectivity index (χ4v) is 1.58. The highest BCUT2D eigenvalue weighted by atomic mass is 32.1. The zero-order valence-corrected chi connectivity index (χ0v) is 11.2. The number of nitrogens with one attached hydrogen (secondary N) is 1. The van der Waals surface area contributed by atoms with Crippen LogP contribution in [0.5, 0.6) is 0 Å². The fraction of sp³-hybridized carbons (Fsp3) is 0.600. The Labute approximate surface area is 108 Å². The van der Waals surface area contributed by atoms with Gasteiger partial charge in [-0.25, -0.2) is 9.59 Å². The van der Waals surface area contributed by atoms with Crippen LogP contribution < -0.4 is 5.32 Å². The van der Waals surface area contributed by atoms with Gasteiger partial charge in [0.2, 0.25) is 0 Å². The molecule has 0 aliphatic heterocycles. The van der Waals surface area contributed by atoms with Gasteiger partial charge in [0.25, 0.3) is 0 Å². The van der Waals surface area contributed by atoms with Crippen LogP contribution in [-0.2, 0) is 16.0 Å². The molecule has 100 valence electrons. The van der Waals surface area contributed by atoms with Crippen molar-refractivity contribution in [3.63, 3.8) is 0 Å². The normalized spacial score (nSPS) is 12.8. The number of rotatable bonds is 4. The molecule has 0 fully saturated rings. The van der Waals surface area contributed by atoms with Gasteiger partial charge in [0.15, 0.2) is 0 Å². The van der Waals surface area contributed by atoms with Crippen LogP contribution in [0.25, 0.3) is 0 Å².